The molecule has 0 heterocycles. The van der Waals surface area contributed by atoms with Gasteiger partial charge in [0.05, 0.1) is 5.75 Å². The Kier molecular flexibility index (Phi) is 3.59. The third-order valence-corrected chi connectivity index (χ3v) is 5.39. The van der Waals surface area contributed by atoms with Crippen LogP contribution in [0.2, 0.25) is 0 Å². The van der Waals surface area contributed by atoms with Gasteiger partial charge in [-0.2, -0.15) is 0 Å². The van der Waals surface area contributed by atoms with Crippen molar-refractivity contribution in [2.45, 2.75) is 38.1 Å². The number of hydrogen-bond acceptors (Lipinski definition) is 3. The summed E-state index contributed by atoms with van der Waals surface area (Å²) >= 11 is 0. The maximum absolute atomic E-state index is 11.3. The Balaban J connectivity index is 1.87. The van der Waals surface area contributed by atoms with Crippen LogP contribution in [0.3, 0.4) is 0 Å². The third-order valence-electron chi connectivity index (χ3n) is 4.38. The van der Waals surface area contributed by atoms with Gasteiger partial charge in [0.25, 0.3) is 0 Å². The summed E-state index contributed by atoms with van der Waals surface area (Å²) in [6, 6.07) is 0.152. The second kappa shape index (κ2) is 4.65. The second-order valence-corrected chi connectivity index (χ2v) is 7.93. The highest BCUT2D eigenvalue weighted by Crippen LogP contribution is 2.49. The van der Waals surface area contributed by atoms with Crippen molar-refractivity contribution in [3.8, 4) is 0 Å². The zero-order valence-corrected chi connectivity index (χ0v) is 11.1. The molecule has 4 atom stereocenters. The molecule has 94 valence electrons. The van der Waals surface area contributed by atoms with Crippen LogP contribution >= 0.6 is 0 Å². The van der Waals surface area contributed by atoms with Crippen LogP contribution in [0.1, 0.15) is 32.1 Å². The molecule has 2 aliphatic carbocycles. The van der Waals surface area contributed by atoms with Crippen LogP contribution in [0.25, 0.3) is 0 Å². The molecule has 0 aliphatic heterocycles. The molecule has 2 fully saturated rings. The summed E-state index contributed by atoms with van der Waals surface area (Å²) in [5, 5.41) is 3.17. The van der Waals surface area contributed by atoms with Gasteiger partial charge in [0.1, 0.15) is 9.84 Å². The number of nitrogens with one attached hydrogen (secondary N) is 1. The smallest absolute Gasteiger partial charge is 0.148 e. The van der Waals surface area contributed by atoms with Gasteiger partial charge >= 0.3 is 0 Å². The zero-order chi connectivity index (χ0) is 11.8. The largest absolute Gasteiger partial charge is 0.316 e. The first-order chi connectivity index (χ1) is 7.48. The van der Waals surface area contributed by atoms with E-state index < -0.39 is 9.84 Å². The van der Waals surface area contributed by atoms with Crippen molar-refractivity contribution in [1.29, 1.82) is 0 Å². The molecule has 4 heteroatoms. The Morgan fingerprint density at radius 1 is 1.31 bits per heavy atom. The number of hydrogen-bond donors (Lipinski definition) is 1. The molecule has 2 rings (SSSR count). The van der Waals surface area contributed by atoms with Crippen LogP contribution in [0.4, 0.5) is 0 Å². The Bertz CT molecular complexity index is 339. The maximum Gasteiger partial charge on any atom is 0.148 e. The minimum absolute atomic E-state index is 0.152. The van der Waals surface area contributed by atoms with Crippen LogP contribution in [0.5, 0.6) is 0 Å². The highest BCUT2D eigenvalue weighted by molar-refractivity contribution is 7.90. The normalized spacial score (nSPS) is 35.5. The molecule has 3 nitrogen and oxygen atoms in total. The molecule has 2 saturated carbocycles. The van der Waals surface area contributed by atoms with E-state index in [1.54, 1.807) is 0 Å². The van der Waals surface area contributed by atoms with Gasteiger partial charge in [0.2, 0.25) is 0 Å². The second-order valence-electron chi connectivity index (χ2n) is 5.75. The Labute approximate surface area is 98.9 Å². The molecule has 2 aliphatic rings. The van der Waals surface area contributed by atoms with E-state index in [-0.39, 0.29) is 11.8 Å². The van der Waals surface area contributed by atoms with Gasteiger partial charge in [-0.15, -0.1) is 0 Å². The van der Waals surface area contributed by atoms with Crippen molar-refractivity contribution in [3.63, 3.8) is 0 Å². The van der Waals surface area contributed by atoms with E-state index in [0.29, 0.717) is 0 Å². The van der Waals surface area contributed by atoms with Crippen molar-refractivity contribution in [2.75, 3.05) is 19.1 Å². The van der Waals surface area contributed by atoms with E-state index in [4.69, 9.17) is 0 Å². The SMILES string of the molecule is CNC(CC1CC2CCC1C2)CS(C)(=O)=O. The van der Waals surface area contributed by atoms with Gasteiger partial charge in [-0.25, -0.2) is 8.42 Å². The maximum atomic E-state index is 11.3. The summed E-state index contributed by atoms with van der Waals surface area (Å²) in [6.45, 7) is 0. The van der Waals surface area contributed by atoms with Crippen molar-refractivity contribution < 1.29 is 8.42 Å². The van der Waals surface area contributed by atoms with Gasteiger partial charge < -0.3 is 5.32 Å². The van der Waals surface area contributed by atoms with E-state index in [2.05, 4.69) is 5.32 Å². The van der Waals surface area contributed by atoms with Crippen LogP contribution in [0.15, 0.2) is 0 Å². The van der Waals surface area contributed by atoms with Gasteiger partial charge in [-0.1, -0.05) is 6.42 Å². The lowest BCUT2D eigenvalue weighted by Crippen LogP contribution is -2.35. The Morgan fingerprint density at radius 2 is 2.06 bits per heavy atom. The number of rotatable bonds is 5. The summed E-state index contributed by atoms with van der Waals surface area (Å²) in [6.07, 6.45) is 7.91. The standard InChI is InChI=1S/C12H23NO2S/c1-13-12(8-16(2,14)15)7-11-6-9-3-4-10(11)5-9/h9-13H,3-8H2,1-2H3. The summed E-state index contributed by atoms with van der Waals surface area (Å²) in [5.41, 5.74) is 0. The first-order valence-corrected chi connectivity index (χ1v) is 8.39. The van der Waals surface area contributed by atoms with Crippen LogP contribution in [-0.2, 0) is 9.84 Å². The molecule has 4 unspecified atom stereocenters. The fraction of sp³-hybridized carbons (Fsp3) is 1.00. The molecule has 0 aromatic heterocycles. The minimum atomic E-state index is -2.85. The Morgan fingerprint density at radius 3 is 2.50 bits per heavy atom. The molecule has 0 spiro atoms. The fourth-order valence-electron chi connectivity index (χ4n) is 3.67. The molecule has 0 amide bonds. The summed E-state index contributed by atoms with van der Waals surface area (Å²) in [4.78, 5) is 0. The van der Waals surface area contributed by atoms with E-state index in [1.165, 1.54) is 31.9 Å². The van der Waals surface area contributed by atoms with E-state index in [9.17, 15) is 8.42 Å². The monoisotopic (exact) mass is 245 g/mol. The molecule has 1 N–H and O–H groups in total. The molecule has 0 aromatic rings. The molecular weight excluding hydrogens is 222 g/mol. The van der Waals surface area contributed by atoms with Gasteiger partial charge in [-0.05, 0) is 50.5 Å². The van der Waals surface area contributed by atoms with Crippen molar-refractivity contribution >= 4 is 9.84 Å². The Hall–Kier alpha value is -0.0900. The molecule has 0 saturated heterocycles. The lowest BCUT2D eigenvalue weighted by molar-refractivity contribution is 0.289. The highest BCUT2D eigenvalue weighted by atomic mass is 32.2. The molecular formula is C12H23NO2S. The molecule has 0 aromatic carbocycles. The van der Waals surface area contributed by atoms with Crippen molar-refractivity contribution in [3.05, 3.63) is 0 Å². The van der Waals surface area contributed by atoms with Gasteiger partial charge in [0, 0.05) is 12.3 Å². The van der Waals surface area contributed by atoms with Gasteiger partial charge in [-0.3, -0.25) is 0 Å². The summed E-state index contributed by atoms with van der Waals surface area (Å²) in [5.74, 6) is 2.90. The third kappa shape index (κ3) is 2.98. The van der Waals surface area contributed by atoms with E-state index in [1.807, 2.05) is 7.05 Å². The average molecular weight is 245 g/mol. The molecule has 0 radical (unpaired) electrons. The van der Waals surface area contributed by atoms with E-state index in [0.717, 1.165) is 24.2 Å². The lowest BCUT2D eigenvalue weighted by Gasteiger charge is -2.26. The number of sulfone groups is 1. The molecule has 16 heavy (non-hydrogen) atoms. The predicted molar refractivity (Wildman–Crippen MR) is 66.1 cm³/mol. The highest BCUT2D eigenvalue weighted by Gasteiger charge is 2.40. The first-order valence-electron chi connectivity index (χ1n) is 6.33. The average Bonchev–Trinajstić information content (AvgIpc) is 2.75. The topological polar surface area (TPSA) is 46.2 Å². The van der Waals surface area contributed by atoms with Crippen molar-refractivity contribution in [1.82, 2.24) is 5.32 Å². The van der Waals surface area contributed by atoms with E-state index >= 15 is 0 Å². The first kappa shape index (κ1) is 12.4. The van der Waals surface area contributed by atoms with Crippen LogP contribution in [-0.4, -0.2) is 33.5 Å². The predicted octanol–water partition coefficient (Wildman–Crippen LogP) is 1.45. The fourth-order valence-corrected chi connectivity index (χ4v) is 4.70. The summed E-state index contributed by atoms with van der Waals surface area (Å²) in [7, 11) is -0.975. The van der Waals surface area contributed by atoms with Crippen LogP contribution < -0.4 is 5.32 Å². The van der Waals surface area contributed by atoms with Crippen LogP contribution in [0, 0.1) is 17.8 Å². The van der Waals surface area contributed by atoms with Crippen molar-refractivity contribution in [2.24, 2.45) is 17.8 Å². The summed E-state index contributed by atoms with van der Waals surface area (Å²) < 4.78 is 22.6. The quantitative estimate of drug-likeness (QED) is 0.797. The number of fused-ring (bicyclic) bond motifs is 2. The minimum Gasteiger partial charge on any atom is -0.316 e. The molecule has 2 bridgehead atoms. The van der Waals surface area contributed by atoms with Gasteiger partial charge in [0.15, 0.2) is 0 Å². The lowest BCUT2D eigenvalue weighted by atomic mass is 9.84. The zero-order valence-electron chi connectivity index (χ0n) is 10.3.